The van der Waals surface area contributed by atoms with Crippen LogP contribution in [0.5, 0.6) is 0 Å². The summed E-state index contributed by atoms with van der Waals surface area (Å²) in [5.41, 5.74) is -0.806. The Morgan fingerprint density at radius 2 is 1.52 bits per heavy atom. The number of hydrogen-bond donors (Lipinski definition) is 5. The Kier molecular flexibility index (Phi) is 20.5. The van der Waals surface area contributed by atoms with Crippen LogP contribution in [0.2, 0.25) is 0 Å². The summed E-state index contributed by atoms with van der Waals surface area (Å²) in [4.78, 5) is 41.5. The van der Waals surface area contributed by atoms with Gasteiger partial charge in [-0.05, 0) is 73.5 Å². The van der Waals surface area contributed by atoms with Crippen LogP contribution in [0.1, 0.15) is 87.5 Å². The van der Waals surface area contributed by atoms with Gasteiger partial charge in [-0.1, -0.05) is 38.5 Å². The van der Waals surface area contributed by atoms with Crippen molar-refractivity contribution in [2.45, 2.75) is 191 Å². The molecule has 1 unspecified atom stereocenters. The maximum absolute atomic E-state index is 13.8. The van der Waals surface area contributed by atoms with E-state index >= 15 is 0 Å². The lowest BCUT2D eigenvalue weighted by atomic mass is 9.79. The zero-order valence-corrected chi connectivity index (χ0v) is 39.7. The van der Waals surface area contributed by atoms with Crippen molar-refractivity contribution in [2.24, 2.45) is 23.7 Å². The van der Waals surface area contributed by atoms with Gasteiger partial charge in [-0.15, -0.1) is 0 Å². The molecule has 4 heterocycles. The molecule has 0 radical (unpaired) electrons. The van der Waals surface area contributed by atoms with Crippen molar-refractivity contribution in [3.63, 3.8) is 0 Å². The zero-order chi connectivity index (χ0) is 47.8. The molecule has 0 aromatic carbocycles. The first-order valence-electron chi connectivity index (χ1n) is 22.7. The van der Waals surface area contributed by atoms with E-state index in [1.807, 2.05) is 19.9 Å². The van der Waals surface area contributed by atoms with Crippen molar-refractivity contribution in [3.05, 3.63) is 23.8 Å². The van der Waals surface area contributed by atoms with Gasteiger partial charge in [0.15, 0.2) is 24.7 Å². The van der Waals surface area contributed by atoms with E-state index in [1.54, 1.807) is 59.7 Å². The molecule has 0 aromatic rings. The predicted molar refractivity (Wildman–Crippen MR) is 230 cm³/mol. The van der Waals surface area contributed by atoms with Gasteiger partial charge in [0.05, 0.1) is 55.2 Å². The summed E-state index contributed by atoms with van der Waals surface area (Å²) in [5, 5.41) is 55.8. The molecule has 5 N–H and O–H groups in total. The van der Waals surface area contributed by atoms with Gasteiger partial charge in [0, 0.05) is 44.8 Å². The number of likely N-dealkylation sites (N-methyl/N-ethyl adjacent to an activating group) is 1. The number of esters is 1. The van der Waals surface area contributed by atoms with Gasteiger partial charge >= 0.3 is 5.97 Å². The minimum Gasteiger partial charge on any atom is -0.462 e. The minimum absolute atomic E-state index is 0.00788. The van der Waals surface area contributed by atoms with Crippen LogP contribution in [-0.4, -0.2) is 187 Å². The molecule has 18 heteroatoms. The third kappa shape index (κ3) is 13.5. The smallest absolute Gasteiger partial charge is 0.308 e. The summed E-state index contributed by atoms with van der Waals surface area (Å²) in [6, 6.07) is -0.748. The number of cyclic esters (lactones) is 1. The number of ether oxygens (including phenoxy) is 9. The molecule has 368 valence electrons. The number of ketones is 1. The highest BCUT2D eigenvalue weighted by molar-refractivity contribution is 5.91. The van der Waals surface area contributed by atoms with Crippen molar-refractivity contribution in [1.82, 2.24) is 4.90 Å². The maximum atomic E-state index is 13.8. The molecule has 3 fully saturated rings. The van der Waals surface area contributed by atoms with Crippen LogP contribution in [-0.2, 0) is 57.0 Å². The Bertz CT molecular complexity index is 1560. The molecule has 21 atom stereocenters. The van der Waals surface area contributed by atoms with Gasteiger partial charge in [0.25, 0.3) is 0 Å². The highest BCUT2D eigenvalue weighted by Crippen LogP contribution is 2.37. The molecule has 4 aliphatic heterocycles. The van der Waals surface area contributed by atoms with Crippen LogP contribution in [0, 0.1) is 23.7 Å². The quantitative estimate of drug-likeness (QED) is 0.131. The molecule has 0 spiro atoms. The Balaban J connectivity index is 1.62. The number of allylic oxidation sites excluding steroid dienone is 3. The lowest BCUT2D eigenvalue weighted by Crippen LogP contribution is -2.65. The number of aliphatic hydroxyl groups is 5. The molecule has 0 aromatic heterocycles. The van der Waals surface area contributed by atoms with Gasteiger partial charge in [-0.2, -0.15) is 0 Å². The van der Waals surface area contributed by atoms with E-state index in [0.717, 1.165) is 6.29 Å². The summed E-state index contributed by atoms with van der Waals surface area (Å²) in [5.74, 6) is -3.59. The highest BCUT2D eigenvalue weighted by atomic mass is 16.7. The van der Waals surface area contributed by atoms with Crippen molar-refractivity contribution < 1.29 is 82.5 Å². The Morgan fingerprint density at radius 1 is 0.859 bits per heavy atom. The molecule has 4 rings (SSSR count). The second kappa shape index (κ2) is 24.1. The molecule has 0 aliphatic carbocycles. The zero-order valence-electron chi connectivity index (χ0n) is 39.7. The predicted octanol–water partition coefficient (Wildman–Crippen LogP) is 1.83. The average molecular weight is 916 g/mol. The van der Waals surface area contributed by atoms with Gasteiger partial charge in [0.1, 0.15) is 49.0 Å². The van der Waals surface area contributed by atoms with E-state index in [1.165, 1.54) is 27.2 Å². The lowest BCUT2D eigenvalue weighted by molar-refractivity contribution is -0.341. The topological polar surface area (TPSA) is 239 Å². The molecule has 64 heavy (non-hydrogen) atoms. The Morgan fingerprint density at radius 3 is 2.11 bits per heavy atom. The van der Waals surface area contributed by atoms with E-state index in [-0.39, 0.29) is 31.7 Å². The highest BCUT2D eigenvalue weighted by Gasteiger charge is 2.52. The molecule has 0 bridgehead atoms. The molecule has 4 aliphatic rings. The maximum Gasteiger partial charge on any atom is 0.308 e. The van der Waals surface area contributed by atoms with Gasteiger partial charge in [-0.3, -0.25) is 9.59 Å². The fraction of sp³-hybridized carbons (Fsp3) is 0.848. The third-order valence-electron chi connectivity index (χ3n) is 13.4. The van der Waals surface area contributed by atoms with Gasteiger partial charge in [0.2, 0.25) is 0 Å². The largest absolute Gasteiger partial charge is 0.462 e. The summed E-state index contributed by atoms with van der Waals surface area (Å²) < 4.78 is 54.7. The standard InChI is InChI=1S/C46H77NO17/c1-13-33-30(22-58-45-42(57-12)41(56-11)37(52)26(5)60-45)18-23(2)14-15-31(49)24(3)19-29(16-17-48)39(25(4)32(50)20-34(51)62-33)64-44-38(53)36(47(9)10)40(27(6)61-44)63-35-21-46(8,55)43(54)28(7)59-35/h14-15,17-18,24-30,32-33,35-45,50,52-55H,13,16,19-22H2,1-12H3/t24-,25+,26-,27-,28+,29?,30-,32-,33-,35+,36-,37-,38-,39-,40-,41-,42-,43+,44+,45-,46-/m1/s1. The summed E-state index contributed by atoms with van der Waals surface area (Å²) >= 11 is 0. The molecule has 0 amide bonds. The molecular weight excluding hydrogens is 838 g/mol. The molecule has 18 nitrogen and oxygen atoms in total. The first-order valence-corrected chi connectivity index (χ1v) is 22.7. The van der Waals surface area contributed by atoms with E-state index in [9.17, 15) is 39.9 Å². The molecule has 0 saturated carbocycles. The second-order valence-corrected chi connectivity index (χ2v) is 18.7. The normalized spacial score (nSPS) is 44.6. The monoisotopic (exact) mass is 916 g/mol. The molecular formula is C46H77NO17. The number of hydrogen-bond acceptors (Lipinski definition) is 18. The van der Waals surface area contributed by atoms with E-state index in [2.05, 4.69) is 0 Å². The first-order chi connectivity index (χ1) is 30.1. The number of carbonyl (C=O) groups is 3. The average Bonchev–Trinajstić information content (AvgIpc) is 3.23. The Hall–Kier alpha value is -2.27. The second-order valence-electron chi connectivity index (χ2n) is 18.7. The Labute approximate surface area is 378 Å². The lowest BCUT2D eigenvalue weighted by Gasteiger charge is -2.50. The fourth-order valence-corrected chi connectivity index (χ4v) is 9.51. The van der Waals surface area contributed by atoms with Crippen LogP contribution < -0.4 is 0 Å². The number of carbonyl (C=O) groups excluding carboxylic acids is 3. The van der Waals surface area contributed by atoms with Crippen molar-refractivity contribution in [3.8, 4) is 0 Å². The van der Waals surface area contributed by atoms with Gasteiger partial charge in [-0.25, -0.2) is 0 Å². The minimum atomic E-state index is -1.49. The van der Waals surface area contributed by atoms with Gasteiger partial charge < -0.3 is 77.9 Å². The number of methoxy groups -OCH3 is 2. The SMILES string of the molecule is CC[C@H]1OC(=O)C[C@@H](O)[C@H](C)[C@@H](O[C@@H]2O[C@H](C)[C@@H](O[C@H]3C[C@@](C)(O)[C@@H](O)[C@H](C)O3)[C@H](N(C)C)[C@H]2O)C(CC=O)C[C@@H](C)C(=O)C=CC(C)=C[C@@H]1CO[C@@H]1O[C@H](C)[C@@H](O)[C@@H](OC)[C@H]1OC. The van der Waals surface area contributed by atoms with Crippen molar-refractivity contribution in [1.29, 1.82) is 0 Å². The van der Waals surface area contributed by atoms with Crippen molar-refractivity contribution in [2.75, 3.05) is 34.9 Å². The fourth-order valence-electron chi connectivity index (χ4n) is 9.51. The van der Waals surface area contributed by atoms with E-state index in [4.69, 9.17) is 42.6 Å². The van der Waals surface area contributed by atoms with Crippen LogP contribution in [0.4, 0.5) is 0 Å². The number of nitrogens with zero attached hydrogens (tertiary/aromatic N) is 1. The van der Waals surface area contributed by atoms with E-state index < -0.39 is 140 Å². The third-order valence-corrected chi connectivity index (χ3v) is 13.4. The number of rotatable bonds is 13. The summed E-state index contributed by atoms with van der Waals surface area (Å²) in [6.45, 7) is 13.6. The number of aldehydes is 1. The van der Waals surface area contributed by atoms with Crippen LogP contribution in [0.25, 0.3) is 0 Å². The summed E-state index contributed by atoms with van der Waals surface area (Å²) in [6.07, 6.45) is -8.49. The number of aliphatic hydroxyl groups excluding tert-OH is 4. The first kappa shape index (κ1) is 54.3. The molecule has 3 saturated heterocycles. The van der Waals surface area contributed by atoms with Crippen molar-refractivity contribution >= 4 is 18.0 Å². The van der Waals surface area contributed by atoms with Crippen LogP contribution >= 0.6 is 0 Å². The van der Waals surface area contributed by atoms with Crippen LogP contribution in [0.15, 0.2) is 23.8 Å². The van der Waals surface area contributed by atoms with E-state index in [0.29, 0.717) is 12.0 Å². The summed E-state index contributed by atoms with van der Waals surface area (Å²) in [7, 11) is 6.43. The van der Waals surface area contributed by atoms with Crippen LogP contribution in [0.3, 0.4) is 0 Å².